The zero-order valence-corrected chi connectivity index (χ0v) is 20.2. The van der Waals surface area contributed by atoms with E-state index in [0.717, 1.165) is 18.4 Å². The summed E-state index contributed by atoms with van der Waals surface area (Å²) in [7, 11) is -3.96. The number of rotatable bonds is 8. The van der Waals surface area contributed by atoms with Crippen molar-refractivity contribution in [3.05, 3.63) is 81.3 Å². The predicted molar refractivity (Wildman–Crippen MR) is 130 cm³/mol. The quantitative estimate of drug-likeness (QED) is 0.343. The molecular formula is C24H22FN5O5S. The van der Waals surface area contributed by atoms with Gasteiger partial charge in [0.25, 0.3) is 0 Å². The molecule has 0 spiro atoms. The maximum Gasteiger partial charge on any atom is 0.340 e. The normalized spacial score (nSPS) is 13.6. The Morgan fingerprint density at radius 3 is 2.61 bits per heavy atom. The number of hydrogen-bond donors (Lipinski definition) is 2. The number of aryl methyl sites for hydroxylation is 2. The predicted octanol–water partition coefficient (Wildman–Crippen LogP) is 3.53. The van der Waals surface area contributed by atoms with E-state index in [9.17, 15) is 13.2 Å². The van der Waals surface area contributed by atoms with Crippen molar-refractivity contribution in [2.45, 2.75) is 39.2 Å². The van der Waals surface area contributed by atoms with E-state index < -0.39 is 27.5 Å². The van der Waals surface area contributed by atoms with E-state index in [0.29, 0.717) is 22.3 Å². The van der Waals surface area contributed by atoms with E-state index in [-0.39, 0.29) is 29.6 Å². The molecule has 0 radical (unpaired) electrons. The van der Waals surface area contributed by atoms with Gasteiger partial charge in [-0.15, -0.1) is 0 Å². The van der Waals surface area contributed by atoms with E-state index >= 15 is 4.39 Å². The first-order valence-electron chi connectivity index (χ1n) is 11.2. The lowest BCUT2D eigenvalue weighted by atomic mass is 9.98. The lowest BCUT2D eigenvalue weighted by Crippen LogP contribution is -2.32. The van der Waals surface area contributed by atoms with E-state index in [1.54, 1.807) is 37.5 Å². The molecule has 10 nitrogen and oxygen atoms in total. The molecule has 3 aromatic heterocycles. The van der Waals surface area contributed by atoms with Gasteiger partial charge in [0.05, 0.1) is 0 Å². The molecule has 36 heavy (non-hydrogen) atoms. The molecule has 3 heterocycles. The Balaban J connectivity index is 1.46. The van der Waals surface area contributed by atoms with E-state index in [2.05, 4.69) is 24.4 Å². The molecule has 0 unspecified atom stereocenters. The van der Waals surface area contributed by atoms with Crippen LogP contribution in [0.3, 0.4) is 0 Å². The first-order chi connectivity index (χ1) is 17.2. The van der Waals surface area contributed by atoms with Crippen LogP contribution in [0.2, 0.25) is 0 Å². The van der Waals surface area contributed by atoms with Gasteiger partial charge in [-0.05, 0) is 61.6 Å². The SMILES string of the molecule is Cc1cc2c(C)c(Cc3ccnc(NS(=O)(=O)NC4CC4)c3F)c(=O)oc2cc1Oc1ncccn1. The molecule has 186 valence electrons. The smallest absolute Gasteiger partial charge is 0.340 e. The molecule has 0 bridgehead atoms. The monoisotopic (exact) mass is 511 g/mol. The van der Waals surface area contributed by atoms with Crippen LogP contribution in [-0.2, 0) is 16.6 Å². The zero-order chi connectivity index (χ0) is 25.4. The third-order valence-electron chi connectivity index (χ3n) is 5.79. The van der Waals surface area contributed by atoms with Crippen molar-refractivity contribution in [1.82, 2.24) is 19.7 Å². The summed E-state index contributed by atoms with van der Waals surface area (Å²) in [5.41, 5.74) is 1.37. The maximum atomic E-state index is 15.2. The average Bonchev–Trinajstić information content (AvgIpc) is 3.64. The number of fused-ring (bicyclic) bond motifs is 1. The van der Waals surface area contributed by atoms with E-state index in [4.69, 9.17) is 9.15 Å². The van der Waals surface area contributed by atoms with Crippen molar-refractivity contribution in [3.63, 3.8) is 0 Å². The van der Waals surface area contributed by atoms with Crippen molar-refractivity contribution in [3.8, 4) is 11.8 Å². The molecule has 4 aromatic rings. The van der Waals surface area contributed by atoms with Crippen molar-refractivity contribution in [1.29, 1.82) is 0 Å². The number of nitrogens with zero attached hydrogens (tertiary/aromatic N) is 3. The van der Waals surface area contributed by atoms with Gasteiger partial charge in [-0.2, -0.15) is 13.1 Å². The Bertz CT molecular complexity index is 1620. The van der Waals surface area contributed by atoms with E-state index in [1.807, 2.05) is 6.92 Å². The third kappa shape index (κ3) is 5.04. The highest BCUT2D eigenvalue weighted by atomic mass is 32.2. The topological polar surface area (TPSA) is 136 Å². The van der Waals surface area contributed by atoms with Crippen LogP contribution in [0.4, 0.5) is 10.2 Å². The summed E-state index contributed by atoms with van der Waals surface area (Å²) in [5.74, 6) is -0.870. The second-order valence-electron chi connectivity index (χ2n) is 8.55. The highest BCUT2D eigenvalue weighted by Crippen LogP contribution is 2.31. The summed E-state index contributed by atoms with van der Waals surface area (Å²) >= 11 is 0. The minimum atomic E-state index is -3.96. The summed E-state index contributed by atoms with van der Waals surface area (Å²) in [5, 5.41) is 0.660. The number of ether oxygens (including phenoxy) is 1. The standard InChI is InChI=1S/C24H22FN5O5S/c1-13-10-17-14(2)18(23(31)34-20(17)12-19(13)35-24-27-7-3-8-28-24)11-15-6-9-26-22(21(15)25)30-36(32,33)29-16-4-5-16/h3,6-10,12,16,29H,4-5,11H2,1-2H3,(H,26,30). The Labute approximate surface area is 205 Å². The molecule has 1 aliphatic rings. The van der Waals surface area contributed by atoms with Crippen LogP contribution in [0.15, 0.2) is 52.1 Å². The lowest BCUT2D eigenvalue weighted by molar-refractivity contribution is 0.437. The molecule has 12 heteroatoms. The Morgan fingerprint density at radius 2 is 1.89 bits per heavy atom. The van der Waals surface area contributed by atoms with Gasteiger partial charge < -0.3 is 9.15 Å². The highest BCUT2D eigenvalue weighted by Gasteiger charge is 2.28. The molecule has 0 aliphatic heterocycles. The lowest BCUT2D eigenvalue weighted by Gasteiger charge is -2.13. The number of aromatic nitrogens is 3. The number of hydrogen-bond acceptors (Lipinski definition) is 8. The van der Waals surface area contributed by atoms with Crippen molar-refractivity contribution < 1.29 is 22.0 Å². The molecule has 5 rings (SSSR count). The number of anilines is 1. The van der Waals surface area contributed by atoms with Crippen LogP contribution < -0.4 is 19.8 Å². The van der Waals surface area contributed by atoms with Crippen LogP contribution in [-0.4, -0.2) is 29.4 Å². The summed E-state index contributed by atoms with van der Waals surface area (Å²) in [6.07, 6.45) is 5.74. The molecule has 2 N–H and O–H groups in total. The maximum absolute atomic E-state index is 15.2. The number of pyridine rings is 1. The summed E-state index contributed by atoms with van der Waals surface area (Å²) < 4.78 is 55.3. The van der Waals surface area contributed by atoms with Gasteiger partial charge >= 0.3 is 21.8 Å². The van der Waals surface area contributed by atoms with E-state index in [1.165, 1.54) is 12.3 Å². The number of benzene rings is 1. The minimum Gasteiger partial charge on any atom is -0.424 e. The van der Waals surface area contributed by atoms with Gasteiger partial charge in [0.15, 0.2) is 11.6 Å². The Morgan fingerprint density at radius 1 is 1.14 bits per heavy atom. The van der Waals surface area contributed by atoms with Crippen LogP contribution in [0.25, 0.3) is 11.0 Å². The van der Waals surface area contributed by atoms with Gasteiger partial charge in [0, 0.05) is 48.1 Å². The molecular weight excluding hydrogens is 489 g/mol. The van der Waals surface area contributed by atoms with Gasteiger partial charge in [-0.25, -0.2) is 24.1 Å². The molecule has 1 fully saturated rings. The fraction of sp³-hybridized carbons (Fsp3) is 0.250. The van der Waals surface area contributed by atoms with Crippen molar-refractivity contribution in [2.75, 3.05) is 4.72 Å². The van der Waals surface area contributed by atoms with Crippen LogP contribution in [0, 0.1) is 19.7 Å². The van der Waals surface area contributed by atoms with Gasteiger partial charge in [-0.1, -0.05) is 0 Å². The molecule has 0 atom stereocenters. The second-order valence-corrected chi connectivity index (χ2v) is 9.99. The number of nitrogens with one attached hydrogen (secondary N) is 2. The zero-order valence-electron chi connectivity index (χ0n) is 19.4. The fourth-order valence-electron chi connectivity index (χ4n) is 3.73. The summed E-state index contributed by atoms with van der Waals surface area (Å²) in [6, 6.07) is 6.47. The van der Waals surface area contributed by atoms with Crippen LogP contribution in [0.5, 0.6) is 11.8 Å². The minimum absolute atomic E-state index is 0.0989. The third-order valence-corrected chi connectivity index (χ3v) is 6.90. The average molecular weight is 512 g/mol. The molecule has 0 saturated heterocycles. The fourth-order valence-corrected chi connectivity index (χ4v) is 4.86. The second kappa shape index (κ2) is 9.28. The van der Waals surface area contributed by atoms with Crippen LogP contribution >= 0.6 is 0 Å². The first kappa shape index (κ1) is 23.8. The van der Waals surface area contributed by atoms with Gasteiger partial charge in [-0.3, -0.25) is 4.72 Å². The largest absolute Gasteiger partial charge is 0.424 e. The number of halogens is 1. The first-order valence-corrected chi connectivity index (χ1v) is 12.6. The molecule has 0 amide bonds. The van der Waals surface area contributed by atoms with Crippen molar-refractivity contribution >= 4 is 27.0 Å². The van der Waals surface area contributed by atoms with Crippen molar-refractivity contribution in [2.24, 2.45) is 0 Å². The van der Waals surface area contributed by atoms with Crippen LogP contribution in [0.1, 0.15) is 35.1 Å². The summed E-state index contributed by atoms with van der Waals surface area (Å²) in [4.78, 5) is 24.8. The molecule has 1 saturated carbocycles. The molecule has 1 aliphatic carbocycles. The Kier molecular flexibility index (Phi) is 6.14. The Hall–Kier alpha value is -3.90. The summed E-state index contributed by atoms with van der Waals surface area (Å²) in [6.45, 7) is 3.58. The van der Waals surface area contributed by atoms with Gasteiger partial charge in [0.1, 0.15) is 11.3 Å². The highest BCUT2D eigenvalue weighted by molar-refractivity contribution is 7.90. The van der Waals surface area contributed by atoms with Gasteiger partial charge in [0.2, 0.25) is 0 Å². The molecule has 1 aromatic carbocycles.